The lowest BCUT2D eigenvalue weighted by Gasteiger charge is -2.24. The van der Waals surface area contributed by atoms with Gasteiger partial charge in [0.25, 0.3) is 0 Å². The van der Waals surface area contributed by atoms with Gasteiger partial charge in [-0.3, -0.25) is 10.2 Å². The van der Waals surface area contributed by atoms with Crippen molar-refractivity contribution in [2.45, 2.75) is 13.3 Å². The number of hydrazine groups is 1. The summed E-state index contributed by atoms with van der Waals surface area (Å²) in [4.78, 5) is 10.8. The highest BCUT2D eigenvalue weighted by atomic mass is 32.1. The molecule has 1 aliphatic rings. The van der Waals surface area contributed by atoms with Gasteiger partial charge in [0.05, 0.1) is 0 Å². The first-order valence-corrected chi connectivity index (χ1v) is 3.85. The van der Waals surface area contributed by atoms with E-state index in [9.17, 15) is 4.79 Å². The number of nitrogens with zero attached hydrogens (tertiary/aromatic N) is 1. The number of hydrogen-bond donors (Lipinski definition) is 2. The zero-order chi connectivity index (χ0) is 8.27. The van der Waals surface area contributed by atoms with Crippen LogP contribution in [-0.2, 0) is 0 Å². The van der Waals surface area contributed by atoms with Crippen LogP contribution in [0.25, 0.3) is 0 Å². The number of amides is 1. The summed E-state index contributed by atoms with van der Waals surface area (Å²) < 4.78 is 0. The summed E-state index contributed by atoms with van der Waals surface area (Å²) in [6, 6.07) is 0. The second-order valence-corrected chi connectivity index (χ2v) is 2.50. The van der Waals surface area contributed by atoms with Crippen molar-refractivity contribution < 1.29 is 4.79 Å². The van der Waals surface area contributed by atoms with E-state index in [1.165, 1.54) is 5.01 Å². The van der Waals surface area contributed by atoms with E-state index in [2.05, 4.69) is 18.1 Å². The number of rotatable bonds is 1. The monoisotopic (exact) mass is 170 g/mol. The van der Waals surface area contributed by atoms with E-state index >= 15 is 0 Å². The van der Waals surface area contributed by atoms with Crippen LogP contribution in [0.15, 0.2) is 24.0 Å². The Morgan fingerprint density at radius 3 is 3.00 bits per heavy atom. The van der Waals surface area contributed by atoms with Crippen molar-refractivity contribution in [2.75, 3.05) is 0 Å². The van der Waals surface area contributed by atoms with Gasteiger partial charge in [0, 0.05) is 11.9 Å². The van der Waals surface area contributed by atoms with Gasteiger partial charge in [-0.15, -0.1) is 0 Å². The maximum atomic E-state index is 10.8. The quantitative estimate of drug-likeness (QED) is 0.587. The van der Waals surface area contributed by atoms with E-state index < -0.39 is 0 Å². The molecule has 60 valence electrons. The highest BCUT2D eigenvalue weighted by Crippen LogP contribution is 2.11. The van der Waals surface area contributed by atoms with Crippen LogP contribution < -0.4 is 5.43 Å². The average Bonchev–Trinajstić information content (AvgIpc) is 2.04. The average molecular weight is 170 g/mol. The predicted octanol–water partition coefficient (Wildman–Crippen LogP) is 1.66. The van der Waals surface area contributed by atoms with Crippen LogP contribution in [0.1, 0.15) is 13.3 Å². The number of allylic oxidation sites excluding steroid dienone is 3. The van der Waals surface area contributed by atoms with Gasteiger partial charge >= 0.3 is 5.24 Å². The highest BCUT2D eigenvalue weighted by molar-refractivity contribution is 7.96. The highest BCUT2D eigenvalue weighted by Gasteiger charge is 2.12. The Kier molecular flexibility index (Phi) is 2.59. The minimum absolute atomic E-state index is 0.289. The zero-order valence-electron chi connectivity index (χ0n) is 6.24. The third-order valence-corrected chi connectivity index (χ3v) is 1.63. The van der Waals surface area contributed by atoms with Crippen LogP contribution in [0.3, 0.4) is 0 Å². The summed E-state index contributed by atoms with van der Waals surface area (Å²) in [5.41, 5.74) is 3.70. The van der Waals surface area contributed by atoms with Crippen LogP contribution in [0.2, 0.25) is 0 Å². The lowest BCUT2D eigenvalue weighted by atomic mass is 10.3. The van der Waals surface area contributed by atoms with Crippen molar-refractivity contribution in [1.82, 2.24) is 10.4 Å². The molecule has 0 aromatic rings. The first-order valence-electron chi connectivity index (χ1n) is 3.40. The molecule has 3 nitrogen and oxygen atoms in total. The Balaban J connectivity index is 2.75. The van der Waals surface area contributed by atoms with Crippen molar-refractivity contribution in [1.29, 1.82) is 0 Å². The van der Waals surface area contributed by atoms with E-state index in [4.69, 9.17) is 0 Å². The van der Waals surface area contributed by atoms with Crippen molar-refractivity contribution in [3.05, 3.63) is 24.0 Å². The van der Waals surface area contributed by atoms with E-state index in [1.807, 2.05) is 19.1 Å². The normalized spacial score (nSPS) is 15.8. The Labute approximate surface area is 71.1 Å². The summed E-state index contributed by atoms with van der Waals surface area (Å²) in [6.45, 7) is 1.98. The molecule has 0 fully saturated rings. The largest absolute Gasteiger partial charge is 0.301 e. The van der Waals surface area contributed by atoms with Gasteiger partial charge in [-0.1, -0.05) is 19.6 Å². The van der Waals surface area contributed by atoms with Gasteiger partial charge in [-0.25, -0.2) is 5.01 Å². The van der Waals surface area contributed by atoms with Gasteiger partial charge < -0.3 is 0 Å². The smallest absolute Gasteiger partial charge is 0.298 e. The molecular weight excluding hydrogens is 160 g/mol. The molecule has 0 aromatic heterocycles. The predicted molar refractivity (Wildman–Crippen MR) is 46.9 cm³/mol. The lowest BCUT2D eigenvalue weighted by molar-refractivity contribution is 0.223. The summed E-state index contributed by atoms with van der Waals surface area (Å²) in [7, 11) is 0. The van der Waals surface area contributed by atoms with Gasteiger partial charge in [0.1, 0.15) is 0 Å². The summed E-state index contributed by atoms with van der Waals surface area (Å²) >= 11 is 3.70. The first-order chi connectivity index (χ1) is 5.25. The molecule has 0 aromatic carbocycles. The third-order valence-electron chi connectivity index (χ3n) is 1.43. The van der Waals surface area contributed by atoms with Crippen LogP contribution >= 0.6 is 12.6 Å². The van der Waals surface area contributed by atoms with Crippen LogP contribution in [0.5, 0.6) is 0 Å². The SMILES string of the molecule is CCC1=CC=CNN1C(=O)S. The fourth-order valence-corrected chi connectivity index (χ4v) is 1.07. The van der Waals surface area contributed by atoms with Crippen LogP contribution in [0.4, 0.5) is 4.79 Å². The Morgan fingerprint density at radius 1 is 1.82 bits per heavy atom. The van der Waals surface area contributed by atoms with E-state index in [0.717, 1.165) is 12.1 Å². The van der Waals surface area contributed by atoms with Crippen LogP contribution in [0, 0.1) is 0 Å². The van der Waals surface area contributed by atoms with Crippen molar-refractivity contribution in [3.8, 4) is 0 Å². The second kappa shape index (κ2) is 3.48. The molecule has 0 bridgehead atoms. The van der Waals surface area contributed by atoms with Crippen LogP contribution in [-0.4, -0.2) is 10.2 Å². The van der Waals surface area contributed by atoms with Gasteiger partial charge in [-0.05, 0) is 18.6 Å². The molecule has 1 aliphatic heterocycles. The third kappa shape index (κ3) is 1.77. The van der Waals surface area contributed by atoms with Crippen molar-refractivity contribution >= 4 is 17.9 Å². The lowest BCUT2D eigenvalue weighted by Crippen LogP contribution is -2.36. The summed E-state index contributed by atoms with van der Waals surface area (Å²) in [5, 5.41) is 1.12. The minimum atomic E-state index is -0.289. The maximum Gasteiger partial charge on any atom is 0.301 e. The summed E-state index contributed by atoms with van der Waals surface area (Å²) in [5.74, 6) is 0. The Hall–Kier alpha value is -0.900. The van der Waals surface area contributed by atoms with Gasteiger partial charge in [0.2, 0.25) is 0 Å². The van der Waals surface area contributed by atoms with Gasteiger partial charge in [-0.2, -0.15) is 0 Å². The molecule has 0 unspecified atom stereocenters. The van der Waals surface area contributed by atoms with Crippen molar-refractivity contribution in [3.63, 3.8) is 0 Å². The molecule has 0 radical (unpaired) electrons. The number of hydrogen-bond acceptors (Lipinski definition) is 2. The molecule has 1 N–H and O–H groups in total. The molecule has 0 aliphatic carbocycles. The molecule has 0 atom stereocenters. The standard InChI is InChI=1S/C7H10N2OS/c1-2-6-4-3-5-8-9(6)7(10)11/h3-5,8H,2H2,1H3,(H,10,11). The van der Waals surface area contributed by atoms with Crippen molar-refractivity contribution in [2.24, 2.45) is 0 Å². The summed E-state index contributed by atoms with van der Waals surface area (Å²) in [6.07, 6.45) is 6.23. The fourth-order valence-electron chi connectivity index (χ4n) is 0.888. The molecular formula is C7H10N2OS. The molecule has 1 rings (SSSR count). The van der Waals surface area contributed by atoms with Gasteiger partial charge in [0.15, 0.2) is 0 Å². The molecule has 4 heteroatoms. The topological polar surface area (TPSA) is 32.3 Å². The molecule has 0 saturated carbocycles. The molecule has 11 heavy (non-hydrogen) atoms. The molecule has 0 spiro atoms. The fraction of sp³-hybridized carbons (Fsp3) is 0.286. The number of carbonyl (C=O) groups excluding carboxylic acids is 1. The first kappa shape index (κ1) is 8.20. The maximum absolute atomic E-state index is 10.8. The number of nitrogens with one attached hydrogen (secondary N) is 1. The minimum Gasteiger partial charge on any atom is -0.298 e. The Morgan fingerprint density at radius 2 is 2.55 bits per heavy atom. The van der Waals surface area contributed by atoms with E-state index in [-0.39, 0.29) is 5.24 Å². The van der Waals surface area contributed by atoms with E-state index in [1.54, 1.807) is 6.20 Å². The van der Waals surface area contributed by atoms with E-state index in [0.29, 0.717) is 0 Å². The number of thiol groups is 1. The number of carbonyl (C=O) groups is 1. The molecule has 1 amide bonds. The molecule has 0 saturated heterocycles. The zero-order valence-corrected chi connectivity index (χ0v) is 7.14. The molecule has 1 heterocycles. The second-order valence-electron chi connectivity index (χ2n) is 2.12. The Bertz CT molecular complexity index is 222.